The highest BCUT2D eigenvalue weighted by molar-refractivity contribution is 5.31. The molecule has 2 N–H and O–H groups in total. The Morgan fingerprint density at radius 1 is 1.15 bits per heavy atom. The van der Waals surface area contributed by atoms with E-state index in [0.717, 1.165) is 24.5 Å². The number of benzene rings is 1. The lowest BCUT2D eigenvalue weighted by molar-refractivity contribution is 0.109. The molecule has 0 bridgehead atoms. The fraction of sp³-hybridized carbons (Fsp3) is 0.625. The van der Waals surface area contributed by atoms with Gasteiger partial charge in [-0.2, -0.15) is 0 Å². The van der Waals surface area contributed by atoms with Crippen LogP contribution in [0.4, 0.5) is 0 Å². The molecule has 114 valence electrons. The molecule has 0 aliphatic carbocycles. The van der Waals surface area contributed by atoms with Crippen molar-refractivity contribution in [2.24, 2.45) is 0 Å². The van der Waals surface area contributed by atoms with Crippen molar-refractivity contribution in [1.82, 2.24) is 5.32 Å². The van der Waals surface area contributed by atoms with Gasteiger partial charge in [-0.25, -0.2) is 0 Å². The molecule has 1 aromatic rings. The highest BCUT2D eigenvalue weighted by Crippen LogP contribution is 2.19. The van der Waals surface area contributed by atoms with Crippen molar-refractivity contribution in [3.63, 3.8) is 0 Å². The van der Waals surface area contributed by atoms with Crippen LogP contribution in [-0.2, 0) is 0 Å². The summed E-state index contributed by atoms with van der Waals surface area (Å²) in [6, 6.07) is 7.87. The maximum absolute atomic E-state index is 9.49. The Hall–Kier alpha value is -1.26. The highest BCUT2D eigenvalue weighted by Gasteiger charge is 2.24. The summed E-state index contributed by atoms with van der Waals surface area (Å²) in [4.78, 5) is 0. The van der Waals surface area contributed by atoms with E-state index in [1.54, 1.807) is 0 Å². The number of rotatable bonds is 9. The average molecular weight is 281 g/mol. The zero-order valence-corrected chi connectivity index (χ0v) is 13.0. The van der Waals surface area contributed by atoms with Crippen molar-refractivity contribution in [2.45, 2.75) is 45.7 Å². The zero-order chi connectivity index (χ0) is 15.0. The largest absolute Gasteiger partial charge is 0.494 e. The molecule has 1 rings (SSSR count). The van der Waals surface area contributed by atoms with Gasteiger partial charge >= 0.3 is 0 Å². The van der Waals surface area contributed by atoms with Gasteiger partial charge in [-0.3, -0.25) is 0 Å². The molecule has 0 radical (unpaired) electrons. The zero-order valence-electron chi connectivity index (χ0n) is 13.0. The van der Waals surface area contributed by atoms with Crippen LogP contribution in [0.15, 0.2) is 24.3 Å². The molecule has 0 aliphatic heterocycles. The molecule has 0 heterocycles. The Morgan fingerprint density at radius 2 is 1.70 bits per heavy atom. The van der Waals surface area contributed by atoms with Gasteiger partial charge in [-0.15, -0.1) is 0 Å². The molecular formula is C16H27NO3. The first kappa shape index (κ1) is 16.8. The van der Waals surface area contributed by atoms with Gasteiger partial charge < -0.3 is 19.9 Å². The number of aliphatic hydroxyl groups is 1. The molecule has 20 heavy (non-hydrogen) atoms. The summed E-state index contributed by atoms with van der Waals surface area (Å²) in [6.45, 7) is 9.29. The molecule has 0 aliphatic rings. The van der Waals surface area contributed by atoms with E-state index in [2.05, 4.69) is 12.2 Å². The summed E-state index contributed by atoms with van der Waals surface area (Å²) in [5.41, 5.74) is -0.439. The standard InChI is InChI=1S/C16H27NO3/c1-5-10-19-14-6-8-15(9-7-14)20-12-16(4,11-18)17-13(2)3/h6-9,13,17-18H,5,10-12H2,1-4H3. The van der Waals surface area contributed by atoms with E-state index in [1.165, 1.54) is 0 Å². The number of nitrogens with one attached hydrogen (secondary N) is 1. The van der Waals surface area contributed by atoms with Crippen LogP contribution in [0.25, 0.3) is 0 Å². The molecule has 1 atom stereocenters. The fourth-order valence-electron chi connectivity index (χ4n) is 1.92. The van der Waals surface area contributed by atoms with Crippen LogP contribution >= 0.6 is 0 Å². The first-order chi connectivity index (χ1) is 9.49. The third-order valence-electron chi connectivity index (χ3n) is 2.84. The van der Waals surface area contributed by atoms with E-state index in [9.17, 15) is 5.11 Å². The van der Waals surface area contributed by atoms with Crippen molar-refractivity contribution in [3.05, 3.63) is 24.3 Å². The molecule has 4 nitrogen and oxygen atoms in total. The van der Waals surface area contributed by atoms with Crippen molar-refractivity contribution < 1.29 is 14.6 Å². The maximum atomic E-state index is 9.49. The minimum absolute atomic E-state index is 0.0306. The van der Waals surface area contributed by atoms with Crippen molar-refractivity contribution in [3.8, 4) is 11.5 Å². The number of hydrogen-bond donors (Lipinski definition) is 2. The second kappa shape index (κ2) is 8.12. The van der Waals surface area contributed by atoms with E-state index >= 15 is 0 Å². The lowest BCUT2D eigenvalue weighted by Gasteiger charge is -2.30. The fourth-order valence-corrected chi connectivity index (χ4v) is 1.92. The maximum Gasteiger partial charge on any atom is 0.119 e. The quantitative estimate of drug-likeness (QED) is 0.730. The predicted molar refractivity (Wildman–Crippen MR) is 81.5 cm³/mol. The first-order valence-corrected chi connectivity index (χ1v) is 7.23. The van der Waals surface area contributed by atoms with E-state index in [-0.39, 0.29) is 6.61 Å². The van der Waals surface area contributed by atoms with Crippen molar-refractivity contribution in [2.75, 3.05) is 19.8 Å². The van der Waals surface area contributed by atoms with Gasteiger partial charge in [-0.1, -0.05) is 20.8 Å². The van der Waals surface area contributed by atoms with Gasteiger partial charge in [0, 0.05) is 6.04 Å². The Labute approximate surface area is 122 Å². The van der Waals surface area contributed by atoms with Gasteiger partial charge in [0.2, 0.25) is 0 Å². The second-order valence-corrected chi connectivity index (χ2v) is 5.63. The van der Waals surface area contributed by atoms with Crippen LogP contribution in [-0.4, -0.2) is 36.5 Å². The summed E-state index contributed by atoms with van der Waals surface area (Å²) >= 11 is 0. The van der Waals surface area contributed by atoms with E-state index in [1.807, 2.05) is 45.0 Å². The van der Waals surface area contributed by atoms with E-state index in [4.69, 9.17) is 9.47 Å². The third-order valence-corrected chi connectivity index (χ3v) is 2.84. The van der Waals surface area contributed by atoms with Crippen LogP contribution in [0.3, 0.4) is 0 Å². The minimum atomic E-state index is -0.439. The molecule has 0 fully saturated rings. The SMILES string of the molecule is CCCOc1ccc(OCC(C)(CO)NC(C)C)cc1. The Kier molecular flexibility index (Phi) is 6.82. The summed E-state index contributed by atoms with van der Waals surface area (Å²) < 4.78 is 11.3. The van der Waals surface area contributed by atoms with E-state index in [0.29, 0.717) is 12.6 Å². The molecule has 1 aromatic carbocycles. The average Bonchev–Trinajstić information content (AvgIpc) is 2.43. The van der Waals surface area contributed by atoms with Crippen molar-refractivity contribution in [1.29, 1.82) is 0 Å². The van der Waals surface area contributed by atoms with Crippen LogP contribution < -0.4 is 14.8 Å². The van der Waals surface area contributed by atoms with Gasteiger partial charge in [0.25, 0.3) is 0 Å². The van der Waals surface area contributed by atoms with Gasteiger partial charge in [0.15, 0.2) is 0 Å². The van der Waals surface area contributed by atoms with Crippen LogP contribution in [0.5, 0.6) is 11.5 Å². The Bertz CT molecular complexity index is 378. The minimum Gasteiger partial charge on any atom is -0.494 e. The monoisotopic (exact) mass is 281 g/mol. The normalized spacial score (nSPS) is 14.1. The molecule has 4 heteroatoms. The summed E-state index contributed by atoms with van der Waals surface area (Å²) in [7, 11) is 0. The molecule has 0 aromatic heterocycles. The number of aliphatic hydroxyl groups excluding tert-OH is 1. The molecule has 1 unspecified atom stereocenters. The van der Waals surface area contributed by atoms with Crippen molar-refractivity contribution >= 4 is 0 Å². The second-order valence-electron chi connectivity index (χ2n) is 5.63. The number of hydrogen-bond acceptors (Lipinski definition) is 4. The number of ether oxygens (including phenoxy) is 2. The van der Waals surface area contributed by atoms with Gasteiger partial charge in [0.05, 0.1) is 18.8 Å². The molecule has 0 saturated carbocycles. The molecular weight excluding hydrogens is 254 g/mol. The first-order valence-electron chi connectivity index (χ1n) is 7.23. The van der Waals surface area contributed by atoms with Crippen LogP contribution in [0.2, 0.25) is 0 Å². The lowest BCUT2D eigenvalue weighted by atomic mass is 10.0. The van der Waals surface area contributed by atoms with E-state index < -0.39 is 5.54 Å². The summed E-state index contributed by atoms with van der Waals surface area (Å²) in [5, 5.41) is 12.8. The summed E-state index contributed by atoms with van der Waals surface area (Å²) in [6.07, 6.45) is 0.994. The predicted octanol–water partition coefficient (Wildman–Crippen LogP) is 2.60. The smallest absolute Gasteiger partial charge is 0.119 e. The lowest BCUT2D eigenvalue weighted by Crippen LogP contribution is -2.53. The van der Waals surface area contributed by atoms with Gasteiger partial charge in [-0.05, 0) is 37.6 Å². The highest BCUT2D eigenvalue weighted by atomic mass is 16.5. The molecule has 0 saturated heterocycles. The molecule has 0 spiro atoms. The topological polar surface area (TPSA) is 50.7 Å². The van der Waals surface area contributed by atoms with Crippen LogP contribution in [0, 0.1) is 0 Å². The third kappa shape index (κ3) is 5.80. The van der Waals surface area contributed by atoms with Crippen LogP contribution in [0.1, 0.15) is 34.1 Å². The summed E-state index contributed by atoms with van der Waals surface area (Å²) in [5.74, 6) is 1.63. The Balaban J connectivity index is 2.51. The molecule has 0 amide bonds. The van der Waals surface area contributed by atoms with Gasteiger partial charge in [0.1, 0.15) is 18.1 Å². The Morgan fingerprint density at radius 3 is 2.15 bits per heavy atom.